The molecule has 1 aromatic carbocycles. The molecule has 1 atom stereocenters. The Morgan fingerprint density at radius 3 is 2.64 bits per heavy atom. The van der Waals surface area contributed by atoms with Crippen LogP contribution in [0.2, 0.25) is 0 Å². The molecule has 180 valence electrons. The number of hydrogen-bond donors (Lipinski definition) is 2. The number of rotatable bonds is 10. The van der Waals surface area contributed by atoms with Gasteiger partial charge in [-0.15, -0.1) is 24.0 Å². The molecule has 9 heteroatoms. The highest BCUT2D eigenvalue weighted by Crippen LogP contribution is 2.12. The summed E-state index contributed by atoms with van der Waals surface area (Å²) < 4.78 is 11.3. The monoisotopic (exact) mass is 567 g/mol. The first kappa shape index (κ1) is 26.7. The molecule has 2 heterocycles. The molecule has 8 nitrogen and oxygen atoms in total. The van der Waals surface area contributed by atoms with Gasteiger partial charge in [-0.3, -0.25) is 4.79 Å². The Labute approximate surface area is 213 Å². The van der Waals surface area contributed by atoms with Crippen LogP contribution in [0.15, 0.2) is 53.7 Å². The number of ether oxygens (including phenoxy) is 2. The number of nitrogens with zero attached hydrogens (tertiary/aromatic N) is 3. The van der Waals surface area contributed by atoms with Crippen LogP contribution in [-0.2, 0) is 11.3 Å². The van der Waals surface area contributed by atoms with E-state index in [0.717, 1.165) is 43.3 Å². The molecule has 1 saturated heterocycles. The molecule has 1 unspecified atom stereocenters. The topological polar surface area (TPSA) is 88.1 Å². The molecular formula is C24H34IN5O3. The first-order valence-corrected chi connectivity index (χ1v) is 11.3. The number of para-hydroxylation sites is 1. The Morgan fingerprint density at radius 2 is 1.94 bits per heavy atom. The van der Waals surface area contributed by atoms with E-state index in [2.05, 4.69) is 20.6 Å². The molecule has 2 aromatic rings. The maximum Gasteiger partial charge on any atom is 0.222 e. The van der Waals surface area contributed by atoms with Gasteiger partial charge in [0.1, 0.15) is 19.0 Å². The number of carbonyl (C=O) groups is 1. The predicted molar refractivity (Wildman–Crippen MR) is 140 cm³/mol. The van der Waals surface area contributed by atoms with Crippen LogP contribution >= 0.6 is 24.0 Å². The molecule has 2 N–H and O–H groups in total. The molecule has 1 aliphatic heterocycles. The van der Waals surface area contributed by atoms with E-state index < -0.39 is 0 Å². The molecule has 0 spiro atoms. The van der Waals surface area contributed by atoms with Gasteiger partial charge in [0.25, 0.3) is 0 Å². The highest BCUT2D eigenvalue weighted by atomic mass is 127. The van der Waals surface area contributed by atoms with E-state index in [1.807, 2.05) is 61.2 Å². The highest BCUT2D eigenvalue weighted by Gasteiger charge is 2.25. The number of aliphatic imine (C=N–C) groups is 1. The summed E-state index contributed by atoms with van der Waals surface area (Å²) in [5.74, 6) is 2.34. The Hall–Kier alpha value is -2.56. The summed E-state index contributed by atoms with van der Waals surface area (Å²) in [6, 6.07) is 13.7. The molecule has 1 aromatic heterocycles. The van der Waals surface area contributed by atoms with Crippen molar-refractivity contribution in [2.45, 2.75) is 39.3 Å². The first-order chi connectivity index (χ1) is 15.7. The number of carbonyl (C=O) groups excluding carboxylic acids is 1. The van der Waals surface area contributed by atoms with E-state index in [1.54, 1.807) is 6.20 Å². The first-order valence-electron chi connectivity index (χ1n) is 11.3. The minimum Gasteiger partial charge on any atom is -0.490 e. The van der Waals surface area contributed by atoms with E-state index in [4.69, 9.17) is 9.47 Å². The number of aromatic nitrogens is 1. The molecule has 3 rings (SSSR count). The second kappa shape index (κ2) is 14.6. The Morgan fingerprint density at radius 1 is 1.15 bits per heavy atom. The summed E-state index contributed by atoms with van der Waals surface area (Å²) in [5, 5.41) is 6.71. The summed E-state index contributed by atoms with van der Waals surface area (Å²) in [7, 11) is 0. The Balaban J connectivity index is 0.00000385. The van der Waals surface area contributed by atoms with Gasteiger partial charge in [0.15, 0.2) is 5.96 Å². The van der Waals surface area contributed by atoms with E-state index in [-0.39, 0.29) is 35.9 Å². The van der Waals surface area contributed by atoms with Crippen molar-refractivity contribution in [1.82, 2.24) is 20.5 Å². The van der Waals surface area contributed by atoms with Gasteiger partial charge in [-0.2, -0.15) is 0 Å². The maximum atomic E-state index is 11.9. The van der Waals surface area contributed by atoms with Crippen molar-refractivity contribution in [3.8, 4) is 11.6 Å². The van der Waals surface area contributed by atoms with Crippen molar-refractivity contribution in [3.05, 3.63) is 54.2 Å². The molecular weight excluding hydrogens is 533 g/mol. The maximum absolute atomic E-state index is 11.9. The minimum absolute atomic E-state index is 0. The minimum atomic E-state index is 0. The smallest absolute Gasteiger partial charge is 0.222 e. The third-order valence-corrected chi connectivity index (χ3v) is 5.09. The largest absolute Gasteiger partial charge is 0.490 e. The molecule has 1 fully saturated rings. The SMILES string of the molecule is CCNC(=NCc1ccc(OCCOc2ccccc2)nc1)NC1CCN(C(=O)CC)C1.I. The van der Waals surface area contributed by atoms with Crippen LogP contribution in [0.25, 0.3) is 0 Å². The Bertz CT molecular complexity index is 864. The van der Waals surface area contributed by atoms with E-state index in [9.17, 15) is 4.79 Å². The van der Waals surface area contributed by atoms with Crippen molar-refractivity contribution in [2.24, 2.45) is 4.99 Å². The summed E-state index contributed by atoms with van der Waals surface area (Å²) in [5.41, 5.74) is 0.990. The molecule has 0 aliphatic carbocycles. The van der Waals surface area contributed by atoms with Crippen molar-refractivity contribution in [1.29, 1.82) is 0 Å². The second-order valence-electron chi connectivity index (χ2n) is 7.53. The van der Waals surface area contributed by atoms with Gasteiger partial charge in [-0.25, -0.2) is 9.98 Å². The van der Waals surface area contributed by atoms with Crippen LogP contribution in [-0.4, -0.2) is 60.6 Å². The van der Waals surface area contributed by atoms with E-state index in [0.29, 0.717) is 32.1 Å². The average Bonchev–Trinajstić information content (AvgIpc) is 3.30. The van der Waals surface area contributed by atoms with Crippen LogP contribution < -0.4 is 20.1 Å². The van der Waals surface area contributed by atoms with Crippen LogP contribution in [0.4, 0.5) is 0 Å². The van der Waals surface area contributed by atoms with Crippen LogP contribution in [0.1, 0.15) is 32.3 Å². The molecule has 0 bridgehead atoms. The van der Waals surface area contributed by atoms with Gasteiger partial charge < -0.3 is 25.0 Å². The number of halogens is 1. The van der Waals surface area contributed by atoms with Crippen LogP contribution in [0.3, 0.4) is 0 Å². The zero-order valence-electron chi connectivity index (χ0n) is 19.3. The Kier molecular flexibility index (Phi) is 11.8. The van der Waals surface area contributed by atoms with Gasteiger partial charge in [0, 0.05) is 44.4 Å². The quantitative estimate of drug-likeness (QED) is 0.199. The number of pyridine rings is 1. The average molecular weight is 567 g/mol. The number of nitrogens with one attached hydrogen (secondary N) is 2. The molecule has 33 heavy (non-hydrogen) atoms. The molecule has 0 radical (unpaired) electrons. The van der Waals surface area contributed by atoms with Crippen molar-refractivity contribution in [3.63, 3.8) is 0 Å². The summed E-state index contributed by atoms with van der Waals surface area (Å²) in [6.07, 6.45) is 3.25. The molecule has 1 amide bonds. The predicted octanol–water partition coefficient (Wildman–Crippen LogP) is 3.22. The van der Waals surface area contributed by atoms with Crippen molar-refractivity contribution in [2.75, 3.05) is 32.8 Å². The van der Waals surface area contributed by atoms with Gasteiger partial charge in [0.2, 0.25) is 11.8 Å². The fourth-order valence-electron chi connectivity index (χ4n) is 3.42. The third-order valence-electron chi connectivity index (χ3n) is 5.09. The fourth-order valence-corrected chi connectivity index (χ4v) is 3.42. The number of hydrogen-bond acceptors (Lipinski definition) is 5. The van der Waals surface area contributed by atoms with E-state index in [1.165, 1.54) is 0 Å². The third kappa shape index (κ3) is 9.07. The van der Waals surface area contributed by atoms with Gasteiger partial charge in [0.05, 0.1) is 6.54 Å². The lowest BCUT2D eigenvalue weighted by atomic mass is 10.2. The highest BCUT2D eigenvalue weighted by molar-refractivity contribution is 14.0. The van der Waals surface area contributed by atoms with Crippen LogP contribution in [0, 0.1) is 0 Å². The van der Waals surface area contributed by atoms with Gasteiger partial charge in [-0.1, -0.05) is 31.2 Å². The molecule has 1 aliphatic rings. The normalized spacial score (nSPS) is 15.5. The number of guanidine groups is 1. The second-order valence-corrected chi connectivity index (χ2v) is 7.53. The number of amides is 1. The lowest BCUT2D eigenvalue weighted by Gasteiger charge is -2.18. The number of likely N-dealkylation sites (tertiary alicyclic amines) is 1. The fraction of sp³-hybridized carbons (Fsp3) is 0.458. The van der Waals surface area contributed by atoms with Crippen molar-refractivity contribution >= 4 is 35.8 Å². The van der Waals surface area contributed by atoms with Crippen LogP contribution in [0.5, 0.6) is 11.6 Å². The number of benzene rings is 1. The lowest BCUT2D eigenvalue weighted by molar-refractivity contribution is -0.129. The lowest BCUT2D eigenvalue weighted by Crippen LogP contribution is -2.45. The summed E-state index contributed by atoms with van der Waals surface area (Å²) in [4.78, 5) is 22.8. The van der Waals surface area contributed by atoms with Gasteiger partial charge >= 0.3 is 0 Å². The summed E-state index contributed by atoms with van der Waals surface area (Å²) in [6.45, 7) is 7.61. The zero-order chi connectivity index (χ0) is 22.6. The standard InChI is InChI=1S/C24H33N5O3.HI/c1-3-23(30)29-13-12-20(18-29)28-24(25-4-2)27-17-19-10-11-22(26-16-19)32-15-14-31-21-8-6-5-7-9-21;/h5-11,16,20H,3-4,12-15,17-18H2,1-2H3,(H2,25,27,28);1H. The zero-order valence-corrected chi connectivity index (χ0v) is 21.7. The molecule has 0 saturated carbocycles. The summed E-state index contributed by atoms with van der Waals surface area (Å²) >= 11 is 0. The van der Waals surface area contributed by atoms with E-state index >= 15 is 0 Å². The van der Waals surface area contributed by atoms with Gasteiger partial charge in [-0.05, 0) is 31.0 Å². The van der Waals surface area contributed by atoms with Crippen molar-refractivity contribution < 1.29 is 14.3 Å².